The molecule has 1 N–H and O–H groups in total. The average Bonchev–Trinajstić information content (AvgIpc) is 2.49. The molecule has 3 saturated heterocycles. The van der Waals surface area contributed by atoms with E-state index in [-0.39, 0.29) is 0 Å². The van der Waals surface area contributed by atoms with Gasteiger partial charge in [-0.1, -0.05) is 0 Å². The van der Waals surface area contributed by atoms with Gasteiger partial charge in [0.1, 0.15) is 0 Å². The van der Waals surface area contributed by atoms with Crippen molar-refractivity contribution >= 4 is 11.8 Å². The maximum absolute atomic E-state index is 3.55. The molecule has 0 aromatic rings. The van der Waals surface area contributed by atoms with Crippen molar-refractivity contribution in [2.24, 2.45) is 5.92 Å². The van der Waals surface area contributed by atoms with E-state index in [1.807, 2.05) is 0 Å². The Morgan fingerprint density at radius 3 is 2.92 bits per heavy atom. The van der Waals surface area contributed by atoms with Crippen LogP contribution in [0.4, 0.5) is 0 Å². The Hall–Kier alpha value is 0.270. The lowest BCUT2D eigenvalue weighted by molar-refractivity contribution is 0.0921. The summed E-state index contributed by atoms with van der Waals surface area (Å²) < 4.78 is 0. The number of hydrogen-bond acceptors (Lipinski definition) is 3. The van der Waals surface area contributed by atoms with E-state index in [9.17, 15) is 0 Å². The van der Waals surface area contributed by atoms with Gasteiger partial charge in [0.25, 0.3) is 0 Å². The molecule has 2 atom stereocenters. The Kier molecular flexibility index (Phi) is 2.27. The van der Waals surface area contributed by atoms with Crippen molar-refractivity contribution < 1.29 is 0 Å². The first-order chi connectivity index (χ1) is 6.45. The van der Waals surface area contributed by atoms with E-state index >= 15 is 0 Å². The zero-order valence-corrected chi connectivity index (χ0v) is 8.85. The summed E-state index contributed by atoms with van der Waals surface area (Å²) in [5.41, 5.74) is 0. The van der Waals surface area contributed by atoms with E-state index in [4.69, 9.17) is 0 Å². The lowest BCUT2D eigenvalue weighted by atomic mass is 9.91. The summed E-state index contributed by atoms with van der Waals surface area (Å²) in [6.45, 7) is 3.90. The molecule has 0 aromatic carbocycles. The molecule has 0 saturated carbocycles. The number of likely N-dealkylation sites (tertiary alicyclic amines) is 1. The minimum Gasteiger partial charge on any atom is -0.315 e. The van der Waals surface area contributed by atoms with Crippen molar-refractivity contribution in [3.63, 3.8) is 0 Å². The molecule has 0 bridgehead atoms. The van der Waals surface area contributed by atoms with E-state index in [0.29, 0.717) is 0 Å². The first-order valence-electron chi connectivity index (χ1n) is 5.49. The first-order valence-corrected chi connectivity index (χ1v) is 6.65. The highest BCUT2D eigenvalue weighted by Crippen LogP contribution is 2.33. The summed E-state index contributed by atoms with van der Waals surface area (Å²) in [5, 5.41) is 3.55. The van der Waals surface area contributed by atoms with Crippen molar-refractivity contribution in [3.8, 4) is 0 Å². The van der Waals surface area contributed by atoms with Gasteiger partial charge in [-0.05, 0) is 31.8 Å². The third-order valence-corrected chi connectivity index (χ3v) is 5.05. The highest BCUT2D eigenvalue weighted by Gasteiger charge is 2.39. The Labute approximate surface area is 84.4 Å². The minimum atomic E-state index is 0.889. The van der Waals surface area contributed by atoms with Gasteiger partial charge >= 0.3 is 0 Å². The predicted octanol–water partition coefficient (Wildman–Crippen LogP) is 0.786. The van der Waals surface area contributed by atoms with Gasteiger partial charge in [0.15, 0.2) is 0 Å². The molecule has 0 unspecified atom stereocenters. The summed E-state index contributed by atoms with van der Waals surface area (Å²) >= 11 is 2.11. The normalized spacial score (nSPS) is 41.5. The number of piperidine rings is 1. The topological polar surface area (TPSA) is 15.3 Å². The van der Waals surface area contributed by atoms with Crippen LogP contribution >= 0.6 is 11.8 Å². The van der Waals surface area contributed by atoms with E-state index < -0.39 is 0 Å². The van der Waals surface area contributed by atoms with Crippen LogP contribution in [-0.4, -0.2) is 48.1 Å². The Balaban J connectivity index is 1.70. The lowest BCUT2D eigenvalue weighted by Gasteiger charge is -2.45. The fraction of sp³-hybridized carbons (Fsp3) is 1.00. The fourth-order valence-electron chi connectivity index (χ4n) is 2.97. The monoisotopic (exact) mass is 198 g/mol. The molecule has 3 heteroatoms. The molecule has 0 aliphatic carbocycles. The van der Waals surface area contributed by atoms with Gasteiger partial charge in [-0.25, -0.2) is 0 Å². The molecule has 3 fully saturated rings. The van der Waals surface area contributed by atoms with Crippen molar-refractivity contribution in [1.82, 2.24) is 10.2 Å². The molecule has 74 valence electrons. The van der Waals surface area contributed by atoms with Crippen LogP contribution in [0.15, 0.2) is 0 Å². The van der Waals surface area contributed by atoms with Crippen molar-refractivity contribution in [3.05, 3.63) is 0 Å². The highest BCUT2D eigenvalue weighted by molar-refractivity contribution is 8.00. The van der Waals surface area contributed by atoms with Crippen LogP contribution in [0.2, 0.25) is 0 Å². The molecular weight excluding hydrogens is 180 g/mol. The SMILES string of the molecule is C1C[C@@H]2CNC[C@@H]2N(C2CSC2)C1. The molecule has 0 spiro atoms. The molecule has 0 radical (unpaired) electrons. The van der Waals surface area contributed by atoms with Crippen LogP contribution in [0, 0.1) is 5.92 Å². The second-order valence-corrected chi connectivity index (χ2v) is 5.63. The standard InChI is InChI=1S/C10H18N2S/c1-2-8-4-11-5-10(8)12(3-1)9-6-13-7-9/h8-11H,1-7H2/t8-,10+/m1/s1. The Bertz CT molecular complexity index is 193. The van der Waals surface area contributed by atoms with Crippen molar-refractivity contribution in [1.29, 1.82) is 0 Å². The maximum atomic E-state index is 3.55. The zero-order valence-electron chi connectivity index (χ0n) is 8.04. The van der Waals surface area contributed by atoms with Crippen LogP contribution in [0.25, 0.3) is 0 Å². The van der Waals surface area contributed by atoms with E-state index in [0.717, 1.165) is 18.0 Å². The molecule has 13 heavy (non-hydrogen) atoms. The predicted molar refractivity (Wildman–Crippen MR) is 57.2 cm³/mol. The molecule has 2 nitrogen and oxygen atoms in total. The molecular formula is C10H18N2S. The molecule has 3 heterocycles. The van der Waals surface area contributed by atoms with E-state index in [1.54, 1.807) is 0 Å². The highest BCUT2D eigenvalue weighted by atomic mass is 32.2. The van der Waals surface area contributed by atoms with E-state index in [2.05, 4.69) is 22.0 Å². The summed E-state index contributed by atoms with van der Waals surface area (Å²) in [6.07, 6.45) is 2.90. The van der Waals surface area contributed by atoms with Gasteiger partial charge in [0, 0.05) is 30.1 Å². The summed E-state index contributed by atoms with van der Waals surface area (Å²) in [6, 6.07) is 1.82. The second-order valence-electron chi connectivity index (χ2n) is 4.56. The number of thioether (sulfide) groups is 1. The fourth-order valence-corrected chi connectivity index (χ4v) is 3.80. The third-order valence-electron chi connectivity index (χ3n) is 3.81. The molecule has 0 aromatic heterocycles. The maximum Gasteiger partial charge on any atom is 0.0280 e. The number of nitrogens with one attached hydrogen (secondary N) is 1. The number of hydrogen-bond donors (Lipinski definition) is 1. The molecule has 0 amide bonds. The molecule has 3 aliphatic heterocycles. The number of rotatable bonds is 1. The summed E-state index contributed by atoms with van der Waals surface area (Å²) in [5.74, 6) is 3.76. The smallest absolute Gasteiger partial charge is 0.0280 e. The van der Waals surface area contributed by atoms with Crippen LogP contribution in [0.3, 0.4) is 0 Å². The second kappa shape index (κ2) is 3.44. The van der Waals surface area contributed by atoms with Gasteiger partial charge in [-0.2, -0.15) is 11.8 Å². The third kappa shape index (κ3) is 1.41. The zero-order chi connectivity index (χ0) is 8.67. The van der Waals surface area contributed by atoms with Crippen molar-refractivity contribution in [2.45, 2.75) is 24.9 Å². The van der Waals surface area contributed by atoms with Gasteiger partial charge in [0.2, 0.25) is 0 Å². The Morgan fingerprint density at radius 2 is 2.15 bits per heavy atom. The van der Waals surface area contributed by atoms with Gasteiger partial charge in [-0.3, -0.25) is 4.90 Å². The van der Waals surface area contributed by atoms with Crippen LogP contribution in [0.5, 0.6) is 0 Å². The molecule has 3 aliphatic rings. The van der Waals surface area contributed by atoms with Crippen LogP contribution < -0.4 is 5.32 Å². The number of nitrogens with zero attached hydrogens (tertiary/aromatic N) is 1. The van der Waals surface area contributed by atoms with Gasteiger partial charge in [-0.15, -0.1) is 0 Å². The van der Waals surface area contributed by atoms with Crippen LogP contribution in [-0.2, 0) is 0 Å². The van der Waals surface area contributed by atoms with Gasteiger partial charge < -0.3 is 5.32 Å². The quantitative estimate of drug-likeness (QED) is 0.670. The van der Waals surface area contributed by atoms with Crippen LogP contribution in [0.1, 0.15) is 12.8 Å². The average molecular weight is 198 g/mol. The summed E-state index contributed by atoms with van der Waals surface area (Å²) in [7, 11) is 0. The van der Waals surface area contributed by atoms with Gasteiger partial charge in [0.05, 0.1) is 0 Å². The minimum absolute atomic E-state index is 0.889. The first kappa shape index (κ1) is 8.57. The lowest BCUT2D eigenvalue weighted by Crippen LogP contribution is -2.55. The Morgan fingerprint density at radius 1 is 1.23 bits per heavy atom. The van der Waals surface area contributed by atoms with E-state index in [1.165, 1.54) is 44.0 Å². The largest absolute Gasteiger partial charge is 0.315 e. The molecule has 3 rings (SSSR count). The van der Waals surface area contributed by atoms with Crippen molar-refractivity contribution in [2.75, 3.05) is 31.1 Å². The number of fused-ring (bicyclic) bond motifs is 1. The summed E-state index contributed by atoms with van der Waals surface area (Å²) in [4.78, 5) is 2.80.